The average molecular weight is 412 g/mol. The van der Waals surface area contributed by atoms with Crippen LogP contribution in [-0.2, 0) is 14.3 Å². The average Bonchev–Trinajstić information content (AvgIpc) is 2.79. The zero-order valence-electron chi connectivity index (χ0n) is 17.0. The number of esters is 1. The van der Waals surface area contributed by atoms with Gasteiger partial charge in [-0.3, -0.25) is 9.59 Å². The topological polar surface area (TPSA) is 94.2 Å². The van der Waals surface area contributed by atoms with E-state index in [4.69, 9.17) is 14.2 Å². The molecular formula is C22H24N2O6. The summed E-state index contributed by atoms with van der Waals surface area (Å²) in [6, 6.07) is 11.7. The third-order valence-corrected chi connectivity index (χ3v) is 4.71. The van der Waals surface area contributed by atoms with Crippen LogP contribution in [0, 0.1) is 6.92 Å². The Labute approximate surface area is 174 Å². The maximum atomic E-state index is 12.8. The number of carbonyl (C=O) groups excluding carboxylic acids is 3. The molecule has 1 heterocycles. The van der Waals surface area contributed by atoms with Crippen molar-refractivity contribution in [3.63, 3.8) is 0 Å². The van der Waals surface area contributed by atoms with Crippen LogP contribution in [0.5, 0.6) is 5.75 Å². The summed E-state index contributed by atoms with van der Waals surface area (Å²) in [6.07, 6.45) is 0. The van der Waals surface area contributed by atoms with Crippen molar-refractivity contribution in [3.8, 4) is 5.75 Å². The van der Waals surface area contributed by atoms with E-state index in [9.17, 15) is 14.4 Å². The molecule has 30 heavy (non-hydrogen) atoms. The van der Waals surface area contributed by atoms with Crippen LogP contribution in [0.2, 0.25) is 0 Å². The molecule has 1 fully saturated rings. The number of hydrogen-bond acceptors (Lipinski definition) is 6. The highest BCUT2D eigenvalue weighted by atomic mass is 16.5. The number of hydrogen-bond donors (Lipinski definition) is 1. The highest BCUT2D eigenvalue weighted by Gasteiger charge is 2.22. The number of ether oxygens (including phenoxy) is 3. The van der Waals surface area contributed by atoms with E-state index in [1.165, 1.54) is 7.11 Å². The molecule has 1 aliphatic heterocycles. The maximum Gasteiger partial charge on any atom is 0.337 e. The number of anilines is 1. The number of para-hydroxylation sites is 1. The van der Waals surface area contributed by atoms with Crippen molar-refractivity contribution in [3.05, 3.63) is 59.2 Å². The smallest absolute Gasteiger partial charge is 0.337 e. The van der Waals surface area contributed by atoms with Crippen LogP contribution in [0.1, 0.15) is 26.3 Å². The van der Waals surface area contributed by atoms with Gasteiger partial charge in [0.1, 0.15) is 5.75 Å². The number of morpholine rings is 1. The molecule has 0 radical (unpaired) electrons. The molecule has 0 aromatic heterocycles. The molecule has 1 saturated heterocycles. The summed E-state index contributed by atoms with van der Waals surface area (Å²) >= 11 is 0. The zero-order chi connectivity index (χ0) is 21.5. The fourth-order valence-electron chi connectivity index (χ4n) is 3.04. The van der Waals surface area contributed by atoms with Gasteiger partial charge in [0.05, 0.1) is 31.5 Å². The molecule has 3 rings (SSSR count). The molecular weight excluding hydrogens is 388 g/mol. The molecule has 8 heteroatoms. The molecule has 1 N–H and O–H groups in total. The summed E-state index contributed by atoms with van der Waals surface area (Å²) in [5, 5.41) is 2.73. The molecule has 2 aromatic carbocycles. The Morgan fingerprint density at radius 2 is 1.83 bits per heavy atom. The van der Waals surface area contributed by atoms with E-state index < -0.39 is 11.9 Å². The van der Waals surface area contributed by atoms with Gasteiger partial charge in [-0.25, -0.2) is 4.79 Å². The molecule has 158 valence electrons. The van der Waals surface area contributed by atoms with Crippen molar-refractivity contribution in [1.29, 1.82) is 0 Å². The molecule has 0 bridgehead atoms. The van der Waals surface area contributed by atoms with E-state index in [-0.39, 0.29) is 12.5 Å². The second-order valence-corrected chi connectivity index (χ2v) is 6.76. The Kier molecular flexibility index (Phi) is 7.03. The zero-order valence-corrected chi connectivity index (χ0v) is 17.0. The minimum atomic E-state index is -0.489. The summed E-state index contributed by atoms with van der Waals surface area (Å²) < 4.78 is 15.6. The highest BCUT2D eigenvalue weighted by Crippen LogP contribution is 2.21. The van der Waals surface area contributed by atoms with Gasteiger partial charge in [-0.2, -0.15) is 0 Å². The van der Waals surface area contributed by atoms with Crippen LogP contribution >= 0.6 is 0 Å². The summed E-state index contributed by atoms with van der Waals surface area (Å²) in [6.45, 7) is 3.57. The summed E-state index contributed by atoms with van der Waals surface area (Å²) in [5.41, 5.74) is 2.01. The molecule has 0 saturated carbocycles. The lowest BCUT2D eigenvalue weighted by molar-refractivity contribution is -0.118. The molecule has 2 amide bonds. The minimum Gasteiger partial charge on any atom is -0.483 e. The second kappa shape index (κ2) is 9.89. The lowest BCUT2D eigenvalue weighted by Crippen LogP contribution is -2.40. The lowest BCUT2D eigenvalue weighted by atomic mass is 10.1. The third-order valence-electron chi connectivity index (χ3n) is 4.71. The number of carbonyl (C=O) groups is 3. The van der Waals surface area contributed by atoms with Crippen molar-refractivity contribution >= 4 is 23.5 Å². The van der Waals surface area contributed by atoms with E-state index in [1.54, 1.807) is 47.4 Å². The number of methoxy groups -OCH3 is 1. The Morgan fingerprint density at radius 1 is 1.10 bits per heavy atom. The van der Waals surface area contributed by atoms with Crippen LogP contribution in [0.15, 0.2) is 42.5 Å². The molecule has 0 unspecified atom stereocenters. The van der Waals surface area contributed by atoms with Crippen molar-refractivity contribution in [2.45, 2.75) is 6.92 Å². The number of nitrogens with one attached hydrogen (secondary N) is 1. The fourth-order valence-corrected chi connectivity index (χ4v) is 3.04. The van der Waals surface area contributed by atoms with E-state index in [1.807, 2.05) is 6.92 Å². The van der Waals surface area contributed by atoms with Crippen LogP contribution in [0.4, 0.5) is 5.69 Å². The monoisotopic (exact) mass is 412 g/mol. The molecule has 0 atom stereocenters. The van der Waals surface area contributed by atoms with Gasteiger partial charge >= 0.3 is 5.97 Å². The standard InChI is InChI=1S/C22H24N2O6/c1-15-7-8-16(22(27)28-2)13-18(15)23-20(25)14-30-19-6-4-3-5-17(19)21(26)24-9-11-29-12-10-24/h3-8,13H,9-12,14H2,1-2H3,(H,23,25). The van der Waals surface area contributed by atoms with Crippen molar-refractivity contribution < 1.29 is 28.6 Å². The van der Waals surface area contributed by atoms with Crippen molar-refractivity contribution in [2.24, 2.45) is 0 Å². The van der Waals surface area contributed by atoms with Crippen LogP contribution in [-0.4, -0.2) is 62.7 Å². The highest BCUT2D eigenvalue weighted by molar-refractivity contribution is 5.98. The quantitative estimate of drug-likeness (QED) is 0.732. The first kappa shape index (κ1) is 21.3. The van der Waals surface area contributed by atoms with Gasteiger partial charge in [0.2, 0.25) is 0 Å². The molecule has 0 aliphatic carbocycles. The normalized spacial score (nSPS) is 13.5. The first-order valence-electron chi connectivity index (χ1n) is 9.57. The van der Waals surface area contributed by atoms with E-state index >= 15 is 0 Å². The first-order chi connectivity index (χ1) is 14.5. The fraction of sp³-hybridized carbons (Fsp3) is 0.318. The number of benzene rings is 2. The van der Waals surface area contributed by atoms with Gasteiger partial charge in [0.25, 0.3) is 11.8 Å². The number of nitrogens with zero attached hydrogens (tertiary/aromatic N) is 1. The Morgan fingerprint density at radius 3 is 2.57 bits per heavy atom. The van der Waals surface area contributed by atoms with Gasteiger partial charge in [-0.05, 0) is 36.8 Å². The van der Waals surface area contributed by atoms with Gasteiger partial charge in [0.15, 0.2) is 6.61 Å². The maximum absolute atomic E-state index is 12.8. The van der Waals surface area contributed by atoms with Gasteiger partial charge in [0, 0.05) is 18.8 Å². The van der Waals surface area contributed by atoms with E-state index in [0.717, 1.165) is 5.56 Å². The summed E-state index contributed by atoms with van der Waals surface area (Å²) in [5.74, 6) is -0.717. The first-order valence-corrected chi connectivity index (χ1v) is 9.57. The molecule has 1 aliphatic rings. The van der Waals surface area contributed by atoms with Crippen molar-refractivity contribution in [1.82, 2.24) is 4.90 Å². The Balaban J connectivity index is 1.66. The number of rotatable bonds is 6. The summed E-state index contributed by atoms with van der Waals surface area (Å²) in [4.78, 5) is 38.6. The van der Waals surface area contributed by atoms with Gasteiger partial charge in [-0.1, -0.05) is 18.2 Å². The molecule has 0 spiro atoms. The van der Waals surface area contributed by atoms with Gasteiger partial charge in [-0.15, -0.1) is 0 Å². The largest absolute Gasteiger partial charge is 0.483 e. The minimum absolute atomic E-state index is 0.157. The number of amides is 2. The SMILES string of the molecule is COC(=O)c1ccc(C)c(NC(=O)COc2ccccc2C(=O)N2CCOCC2)c1. The van der Waals surface area contributed by atoms with Crippen LogP contribution in [0.3, 0.4) is 0 Å². The van der Waals surface area contributed by atoms with Gasteiger partial charge < -0.3 is 24.4 Å². The number of aryl methyl sites for hydroxylation is 1. The predicted molar refractivity (Wildman–Crippen MR) is 110 cm³/mol. The Bertz CT molecular complexity index is 937. The second-order valence-electron chi connectivity index (χ2n) is 6.76. The Hall–Kier alpha value is -3.39. The van der Waals surface area contributed by atoms with E-state index in [2.05, 4.69) is 5.32 Å². The van der Waals surface area contributed by atoms with Crippen LogP contribution < -0.4 is 10.1 Å². The van der Waals surface area contributed by atoms with Crippen molar-refractivity contribution in [2.75, 3.05) is 45.3 Å². The third kappa shape index (κ3) is 5.15. The molecule has 8 nitrogen and oxygen atoms in total. The predicted octanol–water partition coefficient (Wildman–Crippen LogP) is 2.27. The van der Waals surface area contributed by atoms with E-state index in [0.29, 0.717) is 48.9 Å². The lowest BCUT2D eigenvalue weighted by Gasteiger charge is -2.27. The van der Waals surface area contributed by atoms with Crippen LogP contribution in [0.25, 0.3) is 0 Å². The molecule has 2 aromatic rings. The summed E-state index contributed by atoms with van der Waals surface area (Å²) in [7, 11) is 1.30.